The molecule has 4 aromatic rings. The second kappa shape index (κ2) is 6.65. The average Bonchev–Trinajstić information content (AvgIpc) is 3.29. The molecule has 0 bridgehead atoms. The lowest BCUT2D eigenvalue weighted by molar-refractivity contribution is 0.1000. The molecule has 0 aliphatic heterocycles. The maximum atomic E-state index is 11.2. The van der Waals surface area contributed by atoms with E-state index in [4.69, 9.17) is 17.3 Å². The Hall–Kier alpha value is -3.52. The summed E-state index contributed by atoms with van der Waals surface area (Å²) in [5.74, 6) is 0.0823. The Balaban J connectivity index is 1.75. The molecule has 1 amide bonds. The molecule has 0 atom stereocenters. The first kappa shape index (κ1) is 16.9. The monoisotopic (exact) mass is 379 g/mol. The number of primary amides is 1. The Morgan fingerprint density at radius 1 is 1.15 bits per heavy atom. The number of imidazole rings is 1. The summed E-state index contributed by atoms with van der Waals surface area (Å²) in [6.45, 7) is 0. The summed E-state index contributed by atoms with van der Waals surface area (Å²) in [7, 11) is 1.79. The van der Waals surface area contributed by atoms with Crippen LogP contribution in [0.25, 0.3) is 28.5 Å². The van der Waals surface area contributed by atoms with Crippen molar-refractivity contribution in [3.8, 4) is 28.5 Å². The van der Waals surface area contributed by atoms with Gasteiger partial charge in [0.1, 0.15) is 29.2 Å². The van der Waals surface area contributed by atoms with Crippen LogP contribution in [0.3, 0.4) is 0 Å². The number of aryl methyl sites for hydroxylation is 1. The maximum absolute atomic E-state index is 11.2. The Bertz CT molecular complexity index is 1130. The Labute approximate surface area is 159 Å². The molecule has 0 unspecified atom stereocenters. The van der Waals surface area contributed by atoms with Gasteiger partial charge in [-0.1, -0.05) is 35.0 Å². The van der Waals surface area contributed by atoms with Gasteiger partial charge in [0.05, 0.1) is 10.6 Å². The number of benzene rings is 1. The van der Waals surface area contributed by atoms with E-state index < -0.39 is 5.91 Å². The zero-order chi connectivity index (χ0) is 19.0. The smallest absolute Gasteiger partial charge is 0.250 e. The van der Waals surface area contributed by atoms with Gasteiger partial charge in [-0.05, 0) is 18.2 Å². The summed E-state index contributed by atoms with van der Waals surface area (Å²) in [5.41, 5.74) is 8.41. The van der Waals surface area contributed by atoms with Crippen molar-refractivity contribution in [2.24, 2.45) is 12.8 Å². The molecule has 0 radical (unpaired) electrons. The number of carbonyl (C=O) groups is 1. The minimum atomic E-state index is -0.522. The highest BCUT2D eigenvalue weighted by Crippen LogP contribution is 2.33. The summed E-state index contributed by atoms with van der Waals surface area (Å²) in [6, 6.07) is 10.8. The number of hydrogen-bond acceptors (Lipinski definition) is 5. The van der Waals surface area contributed by atoms with Gasteiger partial charge in [-0.2, -0.15) is 0 Å². The molecule has 3 heterocycles. The van der Waals surface area contributed by atoms with E-state index in [2.05, 4.69) is 20.3 Å². The van der Waals surface area contributed by atoms with Crippen LogP contribution < -0.4 is 5.73 Å². The van der Waals surface area contributed by atoms with Crippen LogP contribution in [-0.2, 0) is 7.05 Å². The first-order chi connectivity index (χ1) is 13.0. The zero-order valence-electron chi connectivity index (χ0n) is 14.2. The van der Waals surface area contributed by atoms with Crippen LogP contribution in [0.2, 0.25) is 5.02 Å². The molecule has 3 aromatic heterocycles. The average molecular weight is 380 g/mol. The van der Waals surface area contributed by atoms with Gasteiger partial charge in [0.15, 0.2) is 0 Å². The highest BCUT2D eigenvalue weighted by atomic mass is 35.5. The number of halogens is 1. The molecule has 0 aliphatic rings. The van der Waals surface area contributed by atoms with Gasteiger partial charge in [-0.15, -0.1) is 5.10 Å². The molecule has 0 aliphatic carbocycles. The lowest BCUT2D eigenvalue weighted by atomic mass is 10.1. The van der Waals surface area contributed by atoms with E-state index in [9.17, 15) is 4.79 Å². The maximum Gasteiger partial charge on any atom is 0.250 e. The number of carbonyl (C=O) groups excluding carboxylic acids is 1. The topological polar surface area (TPSA) is 105 Å². The fraction of sp³-hybridized carbons (Fsp3) is 0.0556. The third-order valence-electron chi connectivity index (χ3n) is 4.08. The Kier molecular flexibility index (Phi) is 4.17. The van der Waals surface area contributed by atoms with Crippen molar-refractivity contribution < 1.29 is 4.79 Å². The molecule has 1 aromatic carbocycles. The van der Waals surface area contributed by atoms with Crippen molar-refractivity contribution >= 4 is 17.5 Å². The van der Waals surface area contributed by atoms with E-state index in [0.29, 0.717) is 27.8 Å². The summed E-state index contributed by atoms with van der Waals surface area (Å²) in [5, 5.41) is 8.95. The third-order valence-corrected chi connectivity index (χ3v) is 4.41. The number of hydrogen-bond donors (Lipinski definition) is 1. The van der Waals surface area contributed by atoms with Gasteiger partial charge in [-0.25, -0.2) is 14.6 Å². The van der Waals surface area contributed by atoms with Crippen LogP contribution in [0.4, 0.5) is 0 Å². The quantitative estimate of drug-likeness (QED) is 0.586. The number of amides is 1. The fourth-order valence-corrected chi connectivity index (χ4v) is 2.96. The Morgan fingerprint density at radius 2 is 1.96 bits per heavy atom. The molecule has 27 heavy (non-hydrogen) atoms. The highest BCUT2D eigenvalue weighted by Gasteiger charge is 2.19. The van der Waals surface area contributed by atoms with Crippen LogP contribution in [0, 0.1) is 0 Å². The third kappa shape index (κ3) is 3.06. The van der Waals surface area contributed by atoms with Crippen LogP contribution in [-0.4, -0.2) is 35.4 Å². The molecule has 4 rings (SSSR count). The molecule has 0 saturated heterocycles. The van der Waals surface area contributed by atoms with Crippen molar-refractivity contribution in [1.82, 2.24) is 29.5 Å². The van der Waals surface area contributed by atoms with Gasteiger partial charge in [0, 0.05) is 25.0 Å². The Morgan fingerprint density at radius 3 is 2.67 bits per heavy atom. The van der Waals surface area contributed by atoms with Crippen molar-refractivity contribution in [3.05, 3.63) is 65.7 Å². The summed E-state index contributed by atoms with van der Waals surface area (Å²) >= 11 is 6.32. The molecule has 2 N–H and O–H groups in total. The van der Waals surface area contributed by atoms with Crippen molar-refractivity contribution in [2.75, 3.05) is 0 Å². The summed E-state index contributed by atoms with van der Waals surface area (Å²) < 4.78 is 3.39. The van der Waals surface area contributed by atoms with Crippen molar-refractivity contribution in [2.45, 2.75) is 0 Å². The van der Waals surface area contributed by atoms with Gasteiger partial charge in [-0.3, -0.25) is 9.36 Å². The number of nitrogens with zero attached hydrogens (tertiary/aromatic N) is 6. The van der Waals surface area contributed by atoms with Gasteiger partial charge in [0.2, 0.25) is 5.91 Å². The summed E-state index contributed by atoms with van der Waals surface area (Å²) in [6.07, 6.45) is 4.87. The van der Waals surface area contributed by atoms with E-state index in [-0.39, 0.29) is 0 Å². The predicted octanol–water partition coefficient (Wildman–Crippen LogP) is 2.48. The minimum Gasteiger partial charge on any atom is -0.366 e. The first-order valence-electron chi connectivity index (χ1n) is 8.00. The predicted molar refractivity (Wildman–Crippen MR) is 100 cm³/mol. The molecule has 0 saturated carbocycles. The standard InChI is InChI=1S/C18H14ClN7O/c1-25-17(16(23-24-25)12-4-2-3-5-13(12)19)14-9-26(10-22-14)15-7-6-11(8-21-15)18(20)27/h2-10H,1H3,(H2,20,27). The number of nitrogens with two attached hydrogens (primary N) is 1. The van der Waals surface area contributed by atoms with Crippen LogP contribution in [0.1, 0.15) is 10.4 Å². The number of rotatable bonds is 4. The van der Waals surface area contributed by atoms with E-state index >= 15 is 0 Å². The lowest BCUT2D eigenvalue weighted by Crippen LogP contribution is -2.11. The molecular weight excluding hydrogens is 366 g/mol. The van der Waals surface area contributed by atoms with Crippen LogP contribution in [0.5, 0.6) is 0 Å². The first-order valence-corrected chi connectivity index (χ1v) is 8.37. The van der Waals surface area contributed by atoms with E-state index in [1.54, 1.807) is 40.8 Å². The zero-order valence-corrected chi connectivity index (χ0v) is 15.0. The number of aromatic nitrogens is 6. The molecule has 134 valence electrons. The second-order valence-electron chi connectivity index (χ2n) is 5.83. The SMILES string of the molecule is Cn1nnc(-c2ccccc2Cl)c1-c1cn(-c2ccc(C(N)=O)cn2)cn1. The normalized spacial score (nSPS) is 10.9. The van der Waals surface area contributed by atoms with Gasteiger partial charge in [0.25, 0.3) is 0 Å². The molecule has 0 spiro atoms. The fourth-order valence-electron chi connectivity index (χ4n) is 2.73. The highest BCUT2D eigenvalue weighted by molar-refractivity contribution is 6.33. The lowest BCUT2D eigenvalue weighted by Gasteiger charge is -2.04. The van der Waals surface area contributed by atoms with Crippen LogP contribution >= 0.6 is 11.6 Å². The van der Waals surface area contributed by atoms with E-state index in [1.165, 1.54) is 6.20 Å². The van der Waals surface area contributed by atoms with Crippen LogP contribution in [0.15, 0.2) is 55.1 Å². The minimum absolute atomic E-state index is 0.343. The molecular formula is C18H14ClN7O. The van der Waals surface area contributed by atoms with Crippen molar-refractivity contribution in [3.63, 3.8) is 0 Å². The van der Waals surface area contributed by atoms with Crippen molar-refractivity contribution in [1.29, 1.82) is 0 Å². The van der Waals surface area contributed by atoms with E-state index in [0.717, 1.165) is 11.3 Å². The molecule has 0 fully saturated rings. The number of pyridine rings is 1. The van der Waals surface area contributed by atoms with Gasteiger partial charge < -0.3 is 5.73 Å². The van der Waals surface area contributed by atoms with E-state index in [1.807, 2.05) is 24.4 Å². The molecule has 8 nitrogen and oxygen atoms in total. The largest absolute Gasteiger partial charge is 0.366 e. The summed E-state index contributed by atoms with van der Waals surface area (Å²) in [4.78, 5) is 19.9. The second-order valence-corrected chi connectivity index (χ2v) is 6.23. The van der Waals surface area contributed by atoms with Gasteiger partial charge >= 0.3 is 0 Å². The molecule has 9 heteroatoms.